The third-order valence-electron chi connectivity index (χ3n) is 2.83. The third-order valence-corrected chi connectivity index (χ3v) is 3.32. The summed E-state index contributed by atoms with van der Waals surface area (Å²) in [5.74, 6) is -0.791. The molecule has 0 unspecified atom stereocenters. The van der Waals surface area contributed by atoms with Crippen LogP contribution in [0.1, 0.15) is 24.5 Å². The molecule has 1 aromatic carbocycles. The lowest BCUT2D eigenvalue weighted by Crippen LogP contribution is -2.10. The van der Waals surface area contributed by atoms with Crippen LogP contribution in [-0.4, -0.2) is 11.1 Å². The molecule has 0 fully saturated rings. The Hall–Kier alpha value is -1.09. The van der Waals surface area contributed by atoms with Crippen molar-refractivity contribution < 1.29 is 9.90 Å². The molecule has 1 aliphatic carbocycles. The lowest BCUT2D eigenvalue weighted by atomic mass is 9.86. The van der Waals surface area contributed by atoms with Crippen LogP contribution in [0.4, 0.5) is 0 Å². The Balaban J connectivity index is 2.57. The molecule has 78 valence electrons. The summed E-state index contributed by atoms with van der Waals surface area (Å²) in [6, 6.07) is 6.00. The van der Waals surface area contributed by atoms with Crippen molar-refractivity contribution in [3.8, 4) is 0 Å². The van der Waals surface area contributed by atoms with E-state index in [9.17, 15) is 4.79 Å². The molecule has 0 aliphatic heterocycles. The number of allylic oxidation sites excluding steroid dienone is 1. The number of carboxylic acids is 1. The summed E-state index contributed by atoms with van der Waals surface area (Å²) in [5.41, 5.74) is 3.75. The number of fused-ring (bicyclic) bond motifs is 1. The highest BCUT2D eigenvalue weighted by atomic mass is 79.9. The van der Waals surface area contributed by atoms with Gasteiger partial charge in [0.05, 0.1) is 0 Å². The SMILES string of the molecule is CC1=C(C(=O)O)CCc2cc(Br)ccc21. The van der Waals surface area contributed by atoms with Gasteiger partial charge in [0.15, 0.2) is 0 Å². The summed E-state index contributed by atoms with van der Waals surface area (Å²) >= 11 is 3.42. The molecule has 0 spiro atoms. The Bertz CT molecular complexity index is 461. The Morgan fingerprint density at radius 1 is 1.40 bits per heavy atom. The minimum absolute atomic E-state index is 0.546. The molecule has 0 atom stereocenters. The highest BCUT2D eigenvalue weighted by Gasteiger charge is 2.20. The van der Waals surface area contributed by atoms with E-state index in [1.807, 2.05) is 19.1 Å². The van der Waals surface area contributed by atoms with E-state index in [-0.39, 0.29) is 0 Å². The molecule has 2 nitrogen and oxygen atoms in total. The molecule has 0 amide bonds. The normalized spacial score (nSPS) is 15.1. The van der Waals surface area contributed by atoms with E-state index in [0.717, 1.165) is 22.0 Å². The van der Waals surface area contributed by atoms with Crippen LogP contribution in [0, 0.1) is 0 Å². The van der Waals surface area contributed by atoms with E-state index in [1.54, 1.807) is 0 Å². The molecule has 0 heterocycles. The topological polar surface area (TPSA) is 37.3 Å². The van der Waals surface area contributed by atoms with Crippen LogP contribution in [0.5, 0.6) is 0 Å². The van der Waals surface area contributed by atoms with Crippen molar-refractivity contribution in [1.29, 1.82) is 0 Å². The van der Waals surface area contributed by atoms with E-state index in [2.05, 4.69) is 22.0 Å². The number of rotatable bonds is 1. The highest BCUT2D eigenvalue weighted by Crippen LogP contribution is 2.32. The van der Waals surface area contributed by atoms with Crippen LogP contribution in [-0.2, 0) is 11.2 Å². The Labute approximate surface area is 96.7 Å². The number of aliphatic carboxylic acids is 1. The standard InChI is InChI=1S/C12H11BrO2/c1-7-10-5-3-9(13)6-8(10)2-4-11(7)12(14)15/h3,5-6H,2,4H2,1H3,(H,14,15). The lowest BCUT2D eigenvalue weighted by Gasteiger charge is -2.19. The molecule has 2 rings (SSSR count). The van der Waals surface area contributed by atoms with Crippen LogP contribution < -0.4 is 0 Å². The van der Waals surface area contributed by atoms with Crippen molar-refractivity contribution in [2.45, 2.75) is 19.8 Å². The van der Waals surface area contributed by atoms with Gasteiger partial charge in [-0.15, -0.1) is 0 Å². The Morgan fingerprint density at radius 3 is 2.80 bits per heavy atom. The van der Waals surface area contributed by atoms with Gasteiger partial charge in [-0.05, 0) is 48.6 Å². The smallest absolute Gasteiger partial charge is 0.331 e. The molecule has 1 aromatic rings. The summed E-state index contributed by atoms with van der Waals surface area (Å²) in [7, 11) is 0. The van der Waals surface area contributed by atoms with Crippen molar-refractivity contribution in [3.05, 3.63) is 39.4 Å². The molecular weight excluding hydrogens is 256 g/mol. The number of carboxylic acid groups (broad SMARTS) is 1. The van der Waals surface area contributed by atoms with Crippen LogP contribution >= 0.6 is 15.9 Å². The zero-order valence-electron chi connectivity index (χ0n) is 8.38. The molecule has 0 saturated carbocycles. The summed E-state index contributed by atoms with van der Waals surface area (Å²) in [4.78, 5) is 11.0. The first-order chi connectivity index (χ1) is 7.09. The number of carbonyl (C=O) groups is 1. The number of benzene rings is 1. The van der Waals surface area contributed by atoms with Gasteiger partial charge in [0.2, 0.25) is 0 Å². The zero-order chi connectivity index (χ0) is 11.0. The summed E-state index contributed by atoms with van der Waals surface area (Å²) in [6.07, 6.45) is 1.44. The molecule has 0 radical (unpaired) electrons. The first-order valence-corrected chi connectivity index (χ1v) is 5.60. The first-order valence-electron chi connectivity index (χ1n) is 4.81. The average Bonchev–Trinajstić information content (AvgIpc) is 2.17. The highest BCUT2D eigenvalue weighted by molar-refractivity contribution is 9.10. The van der Waals surface area contributed by atoms with Crippen molar-refractivity contribution in [2.75, 3.05) is 0 Å². The van der Waals surface area contributed by atoms with Gasteiger partial charge in [0.1, 0.15) is 0 Å². The first kappa shape index (κ1) is 10.4. The summed E-state index contributed by atoms with van der Waals surface area (Å²) in [6.45, 7) is 1.88. The Morgan fingerprint density at radius 2 is 2.13 bits per heavy atom. The number of aryl methyl sites for hydroxylation is 1. The van der Waals surface area contributed by atoms with E-state index >= 15 is 0 Å². The van der Waals surface area contributed by atoms with Gasteiger partial charge < -0.3 is 5.11 Å². The fraction of sp³-hybridized carbons (Fsp3) is 0.250. The van der Waals surface area contributed by atoms with Gasteiger partial charge >= 0.3 is 5.97 Å². The van der Waals surface area contributed by atoms with Crippen LogP contribution in [0.2, 0.25) is 0 Å². The third kappa shape index (κ3) is 1.84. The summed E-state index contributed by atoms with van der Waals surface area (Å²) < 4.78 is 1.05. The van der Waals surface area contributed by atoms with Crippen molar-refractivity contribution in [1.82, 2.24) is 0 Å². The van der Waals surface area contributed by atoms with Gasteiger partial charge in [-0.1, -0.05) is 22.0 Å². The minimum atomic E-state index is -0.791. The molecule has 1 N–H and O–H groups in total. The van der Waals surface area contributed by atoms with Gasteiger partial charge in [-0.3, -0.25) is 0 Å². The molecule has 15 heavy (non-hydrogen) atoms. The fourth-order valence-electron chi connectivity index (χ4n) is 2.01. The van der Waals surface area contributed by atoms with E-state index in [1.165, 1.54) is 5.56 Å². The van der Waals surface area contributed by atoms with Gasteiger partial charge in [0, 0.05) is 10.0 Å². The maximum absolute atomic E-state index is 11.0. The van der Waals surface area contributed by atoms with Crippen LogP contribution in [0.15, 0.2) is 28.2 Å². The van der Waals surface area contributed by atoms with Gasteiger partial charge in [0.25, 0.3) is 0 Å². The Kier molecular flexibility index (Phi) is 2.65. The zero-order valence-corrected chi connectivity index (χ0v) is 9.97. The van der Waals surface area contributed by atoms with Crippen molar-refractivity contribution in [2.24, 2.45) is 0 Å². The van der Waals surface area contributed by atoms with Gasteiger partial charge in [-0.25, -0.2) is 4.79 Å². The van der Waals surface area contributed by atoms with E-state index in [0.29, 0.717) is 12.0 Å². The lowest BCUT2D eigenvalue weighted by molar-refractivity contribution is -0.132. The number of hydrogen-bond acceptors (Lipinski definition) is 1. The number of hydrogen-bond donors (Lipinski definition) is 1. The van der Waals surface area contributed by atoms with Crippen LogP contribution in [0.25, 0.3) is 5.57 Å². The predicted octanol–water partition coefficient (Wildman–Crippen LogP) is 3.25. The molecule has 0 bridgehead atoms. The van der Waals surface area contributed by atoms with Gasteiger partial charge in [-0.2, -0.15) is 0 Å². The average molecular weight is 267 g/mol. The maximum atomic E-state index is 11.0. The van der Waals surface area contributed by atoms with E-state index < -0.39 is 5.97 Å². The maximum Gasteiger partial charge on any atom is 0.331 e. The number of halogens is 1. The molecular formula is C12H11BrO2. The largest absolute Gasteiger partial charge is 0.478 e. The monoisotopic (exact) mass is 266 g/mol. The fourth-order valence-corrected chi connectivity index (χ4v) is 2.42. The van der Waals surface area contributed by atoms with E-state index in [4.69, 9.17) is 5.11 Å². The molecule has 1 aliphatic rings. The second kappa shape index (κ2) is 3.81. The molecule has 0 saturated heterocycles. The summed E-state index contributed by atoms with van der Waals surface area (Å²) in [5, 5.41) is 9.02. The quantitative estimate of drug-likeness (QED) is 0.848. The molecule has 0 aromatic heterocycles. The predicted molar refractivity (Wildman–Crippen MR) is 62.7 cm³/mol. The minimum Gasteiger partial charge on any atom is -0.478 e. The van der Waals surface area contributed by atoms with Crippen molar-refractivity contribution in [3.63, 3.8) is 0 Å². The second-order valence-electron chi connectivity index (χ2n) is 3.71. The van der Waals surface area contributed by atoms with Crippen LogP contribution in [0.3, 0.4) is 0 Å². The second-order valence-corrected chi connectivity index (χ2v) is 4.63. The molecule has 3 heteroatoms. The van der Waals surface area contributed by atoms with Crippen molar-refractivity contribution >= 4 is 27.5 Å².